The fourth-order valence-electron chi connectivity index (χ4n) is 4.84. The molecule has 7 heteroatoms. The summed E-state index contributed by atoms with van der Waals surface area (Å²) < 4.78 is 13.8. The fourth-order valence-corrected chi connectivity index (χ4v) is 4.84. The Kier molecular flexibility index (Phi) is 7.79. The number of benzene rings is 2. The molecule has 2 heterocycles. The Morgan fingerprint density at radius 1 is 1.17 bits per heavy atom. The lowest BCUT2D eigenvalue weighted by atomic mass is 9.90. The summed E-state index contributed by atoms with van der Waals surface area (Å²) in [4.78, 5) is 28.0. The molecule has 0 aliphatic carbocycles. The minimum atomic E-state index is -0.340. The van der Waals surface area contributed by atoms with Crippen LogP contribution >= 0.6 is 0 Å². The van der Waals surface area contributed by atoms with Gasteiger partial charge >= 0.3 is 0 Å². The molecule has 1 amide bonds. The van der Waals surface area contributed by atoms with E-state index in [1.54, 1.807) is 19.4 Å². The van der Waals surface area contributed by atoms with Crippen LogP contribution in [0.4, 0.5) is 0 Å². The van der Waals surface area contributed by atoms with Crippen LogP contribution in [0, 0.1) is 0 Å². The molecule has 1 N–H and O–H groups in total. The number of fused-ring (bicyclic) bond motifs is 3. The molecule has 7 nitrogen and oxygen atoms in total. The van der Waals surface area contributed by atoms with Crippen LogP contribution in [-0.2, 0) is 13.0 Å². The predicted molar refractivity (Wildman–Crippen MR) is 142 cm³/mol. The first kappa shape index (κ1) is 25.5. The molecule has 0 saturated carbocycles. The number of methoxy groups -OCH3 is 1. The highest BCUT2D eigenvalue weighted by Gasteiger charge is 2.27. The summed E-state index contributed by atoms with van der Waals surface area (Å²) in [5.41, 5.74) is 3.77. The molecule has 4 rings (SSSR count). The van der Waals surface area contributed by atoms with E-state index in [9.17, 15) is 9.59 Å². The summed E-state index contributed by atoms with van der Waals surface area (Å²) in [6.45, 7) is 5.18. The van der Waals surface area contributed by atoms with E-state index in [2.05, 4.69) is 16.8 Å². The van der Waals surface area contributed by atoms with Crippen molar-refractivity contribution in [3.05, 3.63) is 81.6 Å². The highest BCUT2D eigenvalue weighted by molar-refractivity contribution is 5.94. The summed E-state index contributed by atoms with van der Waals surface area (Å²) in [7, 11) is 5.52. The maximum Gasteiger partial charge on any atom is 0.257 e. The van der Waals surface area contributed by atoms with E-state index in [4.69, 9.17) is 9.47 Å². The van der Waals surface area contributed by atoms with Crippen LogP contribution in [0.1, 0.15) is 47.8 Å². The molecule has 0 spiro atoms. The number of nitrogens with zero attached hydrogens (tertiary/aromatic N) is 2. The molecule has 36 heavy (non-hydrogen) atoms. The largest absolute Gasteiger partial charge is 0.493 e. The second-order valence-corrected chi connectivity index (χ2v) is 9.68. The van der Waals surface area contributed by atoms with Gasteiger partial charge in [-0.05, 0) is 57.1 Å². The topological polar surface area (TPSA) is 72.8 Å². The maximum absolute atomic E-state index is 13.1. The van der Waals surface area contributed by atoms with Crippen molar-refractivity contribution in [3.63, 3.8) is 0 Å². The number of hydrogen-bond acceptors (Lipinski definition) is 5. The number of likely N-dealkylation sites (N-methyl/N-ethyl adjacent to an activating group) is 1. The molecule has 0 radical (unpaired) electrons. The third-order valence-corrected chi connectivity index (χ3v) is 6.56. The van der Waals surface area contributed by atoms with Crippen molar-refractivity contribution >= 4 is 5.91 Å². The third-order valence-electron chi connectivity index (χ3n) is 6.56. The van der Waals surface area contributed by atoms with E-state index in [1.165, 1.54) is 0 Å². The van der Waals surface area contributed by atoms with Crippen LogP contribution in [0.2, 0.25) is 0 Å². The molecule has 190 valence electrons. The Morgan fingerprint density at radius 3 is 2.58 bits per heavy atom. The zero-order valence-electron chi connectivity index (χ0n) is 21.7. The number of carbonyl (C=O) groups excluding carboxylic acids is 1. The molecule has 0 fully saturated rings. The SMILES string of the molecule is CCC1Cc2cc(OCc3ccccc3)c(OC)cc2-c2cc(=O)c(C(=O)NC(C)CN(C)C)cn21. The lowest BCUT2D eigenvalue weighted by Crippen LogP contribution is -2.41. The molecule has 2 atom stereocenters. The number of pyridine rings is 1. The second-order valence-electron chi connectivity index (χ2n) is 9.68. The summed E-state index contributed by atoms with van der Waals surface area (Å²) in [6.07, 6.45) is 3.35. The summed E-state index contributed by atoms with van der Waals surface area (Å²) in [5, 5.41) is 2.95. The number of amides is 1. The number of aromatic nitrogens is 1. The van der Waals surface area contributed by atoms with Crippen LogP contribution in [0.15, 0.2) is 59.5 Å². The van der Waals surface area contributed by atoms with E-state index in [0.29, 0.717) is 24.7 Å². The van der Waals surface area contributed by atoms with Crippen LogP contribution < -0.4 is 20.2 Å². The van der Waals surface area contributed by atoms with Gasteiger partial charge in [0, 0.05) is 36.5 Å². The normalized spacial score (nSPS) is 15.1. The number of ether oxygens (including phenoxy) is 2. The Labute approximate surface area is 212 Å². The zero-order chi connectivity index (χ0) is 25.8. The standard InChI is InChI=1S/C29H35N3O4/c1-6-22-12-21-13-28(36-18-20-10-8-7-9-11-20)27(35-5)14-23(21)25-15-26(33)24(17-32(22)25)29(34)30-19(2)16-31(3)4/h7-11,13-15,17,19,22H,6,12,16,18H2,1-5H3,(H,30,34). The number of carbonyl (C=O) groups is 1. The highest BCUT2D eigenvalue weighted by Crippen LogP contribution is 2.41. The van der Waals surface area contributed by atoms with Crippen LogP contribution in [0.25, 0.3) is 11.3 Å². The maximum atomic E-state index is 13.1. The number of nitrogens with one attached hydrogen (secondary N) is 1. The molecular formula is C29H35N3O4. The van der Waals surface area contributed by atoms with Crippen molar-refractivity contribution in [1.29, 1.82) is 0 Å². The van der Waals surface area contributed by atoms with E-state index in [-0.39, 0.29) is 29.0 Å². The van der Waals surface area contributed by atoms with Gasteiger partial charge in [-0.2, -0.15) is 0 Å². The molecule has 1 aliphatic rings. The predicted octanol–water partition coefficient (Wildman–Crippen LogP) is 4.29. The van der Waals surface area contributed by atoms with Gasteiger partial charge in [0.25, 0.3) is 5.91 Å². The monoisotopic (exact) mass is 489 g/mol. The quantitative estimate of drug-likeness (QED) is 0.486. The summed E-state index contributed by atoms with van der Waals surface area (Å²) >= 11 is 0. The molecule has 2 unspecified atom stereocenters. The van der Waals surface area contributed by atoms with E-state index < -0.39 is 0 Å². The molecular weight excluding hydrogens is 454 g/mol. The van der Waals surface area contributed by atoms with Gasteiger partial charge in [0.05, 0.1) is 12.8 Å². The van der Waals surface area contributed by atoms with Gasteiger partial charge in [-0.3, -0.25) is 9.59 Å². The van der Waals surface area contributed by atoms with Crippen LogP contribution in [0.5, 0.6) is 11.5 Å². The second kappa shape index (κ2) is 11.0. The molecule has 1 aromatic heterocycles. The highest BCUT2D eigenvalue weighted by atomic mass is 16.5. The molecule has 3 aromatic rings. The lowest BCUT2D eigenvalue weighted by Gasteiger charge is -2.31. The van der Waals surface area contributed by atoms with Gasteiger partial charge in [0.15, 0.2) is 16.9 Å². The minimum absolute atomic E-state index is 0.0748. The first-order valence-electron chi connectivity index (χ1n) is 12.4. The van der Waals surface area contributed by atoms with Gasteiger partial charge in [-0.25, -0.2) is 0 Å². The third kappa shape index (κ3) is 5.46. The van der Waals surface area contributed by atoms with E-state index >= 15 is 0 Å². The van der Waals surface area contributed by atoms with Gasteiger partial charge in [0.2, 0.25) is 0 Å². The van der Waals surface area contributed by atoms with Crippen molar-refractivity contribution in [2.45, 2.75) is 45.4 Å². The fraction of sp³-hybridized carbons (Fsp3) is 0.379. The van der Waals surface area contributed by atoms with Crippen molar-refractivity contribution in [2.75, 3.05) is 27.7 Å². The summed E-state index contributed by atoms with van der Waals surface area (Å²) in [6, 6.07) is 15.6. The average molecular weight is 490 g/mol. The Bertz CT molecular complexity index is 1280. The summed E-state index contributed by atoms with van der Waals surface area (Å²) in [5.74, 6) is 0.946. The number of hydrogen-bond donors (Lipinski definition) is 1. The van der Waals surface area contributed by atoms with Crippen LogP contribution in [0.3, 0.4) is 0 Å². The zero-order valence-corrected chi connectivity index (χ0v) is 21.7. The smallest absolute Gasteiger partial charge is 0.257 e. The molecule has 0 bridgehead atoms. The molecule has 2 aromatic carbocycles. The van der Waals surface area contributed by atoms with Crippen LogP contribution in [-0.4, -0.2) is 49.2 Å². The van der Waals surface area contributed by atoms with Crippen molar-refractivity contribution < 1.29 is 14.3 Å². The minimum Gasteiger partial charge on any atom is -0.493 e. The Balaban J connectivity index is 1.68. The Morgan fingerprint density at radius 2 is 1.92 bits per heavy atom. The molecule has 0 saturated heterocycles. The lowest BCUT2D eigenvalue weighted by molar-refractivity contribution is 0.0932. The molecule has 1 aliphatic heterocycles. The first-order chi connectivity index (χ1) is 17.3. The van der Waals surface area contributed by atoms with Crippen molar-refractivity contribution in [3.8, 4) is 22.8 Å². The van der Waals surface area contributed by atoms with Crippen molar-refractivity contribution in [2.24, 2.45) is 0 Å². The Hall–Kier alpha value is -3.58. The van der Waals surface area contributed by atoms with E-state index in [0.717, 1.165) is 35.2 Å². The van der Waals surface area contributed by atoms with Gasteiger partial charge < -0.3 is 24.3 Å². The van der Waals surface area contributed by atoms with Gasteiger partial charge in [-0.1, -0.05) is 37.3 Å². The average Bonchev–Trinajstić information content (AvgIpc) is 2.86. The number of rotatable bonds is 9. The van der Waals surface area contributed by atoms with Crippen molar-refractivity contribution in [1.82, 2.24) is 14.8 Å². The van der Waals surface area contributed by atoms with E-state index in [1.807, 2.05) is 68.4 Å². The first-order valence-corrected chi connectivity index (χ1v) is 12.4. The van der Waals surface area contributed by atoms with Gasteiger partial charge in [0.1, 0.15) is 12.2 Å². The van der Waals surface area contributed by atoms with Gasteiger partial charge in [-0.15, -0.1) is 0 Å².